The van der Waals surface area contributed by atoms with E-state index in [9.17, 15) is 14.7 Å². The molecule has 0 aromatic carbocycles. The topological polar surface area (TPSA) is 78.4 Å². The summed E-state index contributed by atoms with van der Waals surface area (Å²) in [6, 6.07) is -0.162. The minimum Gasteiger partial charge on any atom is -0.481 e. The molecule has 120 valence electrons. The maximum absolute atomic E-state index is 11.9. The summed E-state index contributed by atoms with van der Waals surface area (Å²) in [6.45, 7) is 1.17. The lowest BCUT2D eigenvalue weighted by atomic mass is 9.79. The zero-order valence-electron chi connectivity index (χ0n) is 12.7. The van der Waals surface area contributed by atoms with Gasteiger partial charge in [0.2, 0.25) is 0 Å². The molecule has 0 aromatic heterocycles. The van der Waals surface area contributed by atoms with Crippen molar-refractivity contribution in [2.45, 2.75) is 49.7 Å². The van der Waals surface area contributed by atoms with Crippen LogP contribution in [-0.4, -0.2) is 41.2 Å². The number of urea groups is 1. The van der Waals surface area contributed by atoms with Crippen molar-refractivity contribution in [2.24, 2.45) is 11.8 Å². The van der Waals surface area contributed by atoms with Gasteiger partial charge in [-0.3, -0.25) is 4.79 Å². The van der Waals surface area contributed by atoms with E-state index in [-0.39, 0.29) is 22.6 Å². The van der Waals surface area contributed by atoms with Gasteiger partial charge in [-0.1, -0.05) is 19.3 Å². The summed E-state index contributed by atoms with van der Waals surface area (Å²) in [5, 5.41) is 15.0. The lowest BCUT2D eigenvalue weighted by Crippen LogP contribution is -2.49. The Morgan fingerprint density at radius 1 is 1.19 bits per heavy atom. The number of hydrogen-bond acceptors (Lipinski definition) is 3. The zero-order chi connectivity index (χ0) is 15.3. The minimum absolute atomic E-state index is 0.0696. The van der Waals surface area contributed by atoms with E-state index in [4.69, 9.17) is 0 Å². The fourth-order valence-electron chi connectivity index (χ4n) is 3.33. The molecule has 2 aliphatic carbocycles. The first-order chi connectivity index (χ1) is 10.1. The smallest absolute Gasteiger partial charge is 0.314 e. The predicted octanol–water partition coefficient (Wildman–Crippen LogP) is 2.46. The van der Waals surface area contributed by atoms with Crippen LogP contribution in [0.1, 0.15) is 44.9 Å². The molecule has 6 heteroatoms. The van der Waals surface area contributed by atoms with Crippen LogP contribution in [0.5, 0.6) is 0 Å². The van der Waals surface area contributed by atoms with Gasteiger partial charge in [0.05, 0.1) is 5.92 Å². The highest BCUT2D eigenvalue weighted by atomic mass is 32.2. The van der Waals surface area contributed by atoms with Crippen molar-refractivity contribution in [1.82, 2.24) is 10.6 Å². The van der Waals surface area contributed by atoms with Crippen molar-refractivity contribution in [3.8, 4) is 0 Å². The number of carboxylic acids is 1. The summed E-state index contributed by atoms with van der Waals surface area (Å²) < 4.78 is 0.228. The Kier molecular flexibility index (Phi) is 5.79. The normalized spacial score (nSPS) is 27.5. The summed E-state index contributed by atoms with van der Waals surface area (Å²) in [5.74, 6) is -0.957. The Balaban J connectivity index is 1.71. The number of carboxylic acid groups (broad SMARTS) is 1. The van der Waals surface area contributed by atoms with Crippen LogP contribution in [0.25, 0.3) is 0 Å². The number of hydrogen-bond donors (Lipinski definition) is 3. The van der Waals surface area contributed by atoms with Crippen molar-refractivity contribution < 1.29 is 14.7 Å². The molecule has 0 saturated heterocycles. The number of carbonyl (C=O) groups is 2. The Morgan fingerprint density at radius 2 is 1.90 bits per heavy atom. The molecular weight excluding hydrogens is 288 g/mol. The van der Waals surface area contributed by atoms with E-state index < -0.39 is 5.97 Å². The Morgan fingerprint density at radius 3 is 2.48 bits per heavy atom. The van der Waals surface area contributed by atoms with Gasteiger partial charge in [0.25, 0.3) is 0 Å². The fourth-order valence-corrected chi connectivity index (χ4v) is 4.24. The number of rotatable bonds is 6. The Bertz CT molecular complexity index is 380. The van der Waals surface area contributed by atoms with E-state index in [1.807, 2.05) is 11.8 Å². The number of aliphatic carboxylic acids is 1. The first-order valence-corrected chi connectivity index (χ1v) is 9.08. The van der Waals surface area contributed by atoms with E-state index in [0.29, 0.717) is 13.1 Å². The maximum Gasteiger partial charge on any atom is 0.314 e. The van der Waals surface area contributed by atoms with Gasteiger partial charge < -0.3 is 15.7 Å². The molecule has 0 spiro atoms. The summed E-state index contributed by atoms with van der Waals surface area (Å²) in [5.41, 5.74) is 0. The Hall–Kier alpha value is -0.910. The lowest BCUT2D eigenvalue weighted by Gasteiger charge is -2.40. The van der Waals surface area contributed by atoms with E-state index in [1.165, 1.54) is 6.42 Å². The second kappa shape index (κ2) is 7.38. The molecule has 3 N–H and O–H groups in total. The van der Waals surface area contributed by atoms with E-state index in [0.717, 1.165) is 38.5 Å². The van der Waals surface area contributed by atoms with Crippen LogP contribution in [0, 0.1) is 11.8 Å². The molecule has 2 amide bonds. The predicted molar refractivity (Wildman–Crippen MR) is 84.6 cm³/mol. The number of amides is 2. The molecule has 2 saturated carbocycles. The van der Waals surface area contributed by atoms with Crippen LogP contribution in [0.15, 0.2) is 0 Å². The minimum atomic E-state index is -0.724. The van der Waals surface area contributed by atoms with Crippen LogP contribution in [0.2, 0.25) is 0 Å². The molecule has 2 atom stereocenters. The molecule has 0 radical (unpaired) electrons. The molecule has 2 fully saturated rings. The zero-order valence-corrected chi connectivity index (χ0v) is 13.5. The molecule has 0 heterocycles. The first-order valence-electron chi connectivity index (χ1n) is 7.86. The largest absolute Gasteiger partial charge is 0.481 e. The standard InChI is InChI=1S/C15H26N2O3S/c1-21-15(7-4-8-15)10-17-14(20)16-9-11-5-2-3-6-12(11)13(18)19/h11-12H,2-10H2,1H3,(H,18,19)(H2,16,17,20). The third-order valence-electron chi connectivity index (χ3n) is 5.02. The van der Waals surface area contributed by atoms with Crippen molar-refractivity contribution in [2.75, 3.05) is 19.3 Å². The molecule has 2 unspecified atom stereocenters. The number of carbonyl (C=O) groups excluding carboxylic acids is 1. The van der Waals surface area contributed by atoms with Crippen LogP contribution < -0.4 is 10.6 Å². The summed E-state index contributed by atoms with van der Waals surface area (Å²) in [6.07, 6.45) is 9.34. The quantitative estimate of drug-likeness (QED) is 0.704. The van der Waals surface area contributed by atoms with Gasteiger partial charge in [0, 0.05) is 17.8 Å². The molecule has 2 aliphatic rings. The van der Waals surface area contributed by atoms with Crippen molar-refractivity contribution in [3.63, 3.8) is 0 Å². The van der Waals surface area contributed by atoms with E-state index in [2.05, 4.69) is 16.9 Å². The highest BCUT2D eigenvalue weighted by Gasteiger charge is 2.36. The number of nitrogens with one attached hydrogen (secondary N) is 2. The van der Waals surface area contributed by atoms with Crippen LogP contribution in [-0.2, 0) is 4.79 Å². The summed E-state index contributed by atoms with van der Waals surface area (Å²) in [4.78, 5) is 23.1. The van der Waals surface area contributed by atoms with Gasteiger partial charge in [-0.15, -0.1) is 0 Å². The maximum atomic E-state index is 11.9. The van der Waals surface area contributed by atoms with Gasteiger partial charge in [0.1, 0.15) is 0 Å². The SMILES string of the molecule is CSC1(CNC(=O)NCC2CCCCC2C(=O)O)CCC1. The monoisotopic (exact) mass is 314 g/mol. The molecule has 0 bridgehead atoms. The van der Waals surface area contributed by atoms with Crippen LogP contribution in [0.3, 0.4) is 0 Å². The molecule has 21 heavy (non-hydrogen) atoms. The van der Waals surface area contributed by atoms with Crippen LogP contribution >= 0.6 is 11.8 Å². The van der Waals surface area contributed by atoms with Crippen molar-refractivity contribution >= 4 is 23.8 Å². The second-order valence-corrected chi connectivity index (χ2v) is 7.57. The summed E-state index contributed by atoms with van der Waals surface area (Å²) in [7, 11) is 0. The van der Waals surface area contributed by atoms with Gasteiger partial charge in [-0.2, -0.15) is 11.8 Å². The average Bonchev–Trinajstić information content (AvgIpc) is 2.44. The third kappa shape index (κ3) is 4.28. The molecule has 2 rings (SSSR count). The molecule has 0 aromatic rings. The molecule has 5 nitrogen and oxygen atoms in total. The molecule has 0 aliphatic heterocycles. The van der Waals surface area contributed by atoms with Crippen molar-refractivity contribution in [3.05, 3.63) is 0 Å². The molecular formula is C15H26N2O3S. The Labute approximate surface area is 130 Å². The van der Waals surface area contributed by atoms with Crippen molar-refractivity contribution in [1.29, 1.82) is 0 Å². The fraction of sp³-hybridized carbons (Fsp3) is 0.867. The highest BCUT2D eigenvalue weighted by Crippen LogP contribution is 2.42. The third-order valence-corrected chi connectivity index (χ3v) is 6.44. The second-order valence-electron chi connectivity index (χ2n) is 6.29. The lowest BCUT2D eigenvalue weighted by molar-refractivity contribution is -0.144. The highest BCUT2D eigenvalue weighted by molar-refractivity contribution is 8.00. The van der Waals surface area contributed by atoms with E-state index >= 15 is 0 Å². The van der Waals surface area contributed by atoms with Gasteiger partial charge >= 0.3 is 12.0 Å². The van der Waals surface area contributed by atoms with Crippen LogP contribution in [0.4, 0.5) is 4.79 Å². The van der Waals surface area contributed by atoms with E-state index in [1.54, 1.807) is 0 Å². The van der Waals surface area contributed by atoms with Gasteiger partial charge in [0.15, 0.2) is 0 Å². The summed E-state index contributed by atoms with van der Waals surface area (Å²) >= 11 is 1.83. The number of thioether (sulfide) groups is 1. The first kappa shape index (κ1) is 16.5. The van der Waals surface area contributed by atoms with Gasteiger partial charge in [-0.25, -0.2) is 4.79 Å². The average molecular weight is 314 g/mol. The van der Waals surface area contributed by atoms with Gasteiger partial charge in [-0.05, 0) is 37.9 Å².